The summed E-state index contributed by atoms with van der Waals surface area (Å²) in [6, 6.07) is 10.2. The number of ether oxygens (including phenoxy) is 2. The summed E-state index contributed by atoms with van der Waals surface area (Å²) in [5, 5.41) is 6.84. The molecule has 2 aromatic carbocycles. The second-order valence-electron chi connectivity index (χ2n) is 5.52. The van der Waals surface area contributed by atoms with Gasteiger partial charge in [0, 0.05) is 10.7 Å². The summed E-state index contributed by atoms with van der Waals surface area (Å²) in [6.45, 7) is 2.77. The van der Waals surface area contributed by atoms with E-state index in [9.17, 15) is 9.59 Å². The van der Waals surface area contributed by atoms with Gasteiger partial charge < -0.3 is 14.8 Å². The lowest BCUT2D eigenvalue weighted by atomic mass is 10.2. The third kappa shape index (κ3) is 4.31. The van der Waals surface area contributed by atoms with Crippen molar-refractivity contribution in [3.05, 3.63) is 52.5 Å². The van der Waals surface area contributed by atoms with Crippen LogP contribution in [0.25, 0.3) is 0 Å². The zero-order chi connectivity index (χ0) is 18.5. The molecule has 1 aliphatic rings. The molecule has 0 fully saturated rings. The number of nitrogens with zero attached hydrogens (tertiary/aromatic N) is 1. The van der Waals surface area contributed by atoms with Crippen molar-refractivity contribution in [2.45, 2.75) is 6.92 Å². The highest BCUT2D eigenvalue weighted by Gasteiger charge is 2.14. The Hall–Kier alpha value is -3.06. The van der Waals surface area contributed by atoms with Gasteiger partial charge in [-0.05, 0) is 54.4 Å². The number of halogens is 1. The molecule has 0 saturated carbocycles. The molecule has 1 heterocycles. The van der Waals surface area contributed by atoms with Crippen LogP contribution in [0.15, 0.2) is 41.5 Å². The van der Waals surface area contributed by atoms with Gasteiger partial charge in [0.05, 0.1) is 6.21 Å². The highest BCUT2D eigenvalue weighted by Crippen LogP contribution is 2.30. The predicted octanol–water partition coefficient (Wildman–Crippen LogP) is 2.51. The molecule has 1 aliphatic heterocycles. The molecule has 2 N–H and O–H groups in total. The van der Waals surface area contributed by atoms with Gasteiger partial charge in [-0.2, -0.15) is 5.10 Å². The number of carbonyl (C=O) groups is 2. The maximum atomic E-state index is 11.9. The number of aryl methyl sites for hydroxylation is 1. The Morgan fingerprint density at radius 3 is 2.62 bits per heavy atom. The monoisotopic (exact) mass is 373 g/mol. The zero-order valence-electron chi connectivity index (χ0n) is 13.9. The van der Waals surface area contributed by atoms with Gasteiger partial charge in [-0.1, -0.05) is 11.6 Å². The van der Waals surface area contributed by atoms with Crippen LogP contribution in [-0.4, -0.2) is 31.2 Å². The summed E-state index contributed by atoms with van der Waals surface area (Å²) in [7, 11) is 0. The first-order valence-electron chi connectivity index (χ1n) is 7.83. The van der Waals surface area contributed by atoms with Gasteiger partial charge in [-0.3, -0.25) is 9.59 Å². The number of benzene rings is 2. The van der Waals surface area contributed by atoms with Crippen molar-refractivity contribution in [3.8, 4) is 11.5 Å². The van der Waals surface area contributed by atoms with Crippen LogP contribution in [-0.2, 0) is 9.59 Å². The largest absolute Gasteiger partial charge is 0.486 e. The molecule has 0 saturated heterocycles. The van der Waals surface area contributed by atoms with Crippen LogP contribution < -0.4 is 20.2 Å². The van der Waals surface area contributed by atoms with Crippen molar-refractivity contribution < 1.29 is 19.1 Å². The third-order valence-corrected chi connectivity index (χ3v) is 3.82. The summed E-state index contributed by atoms with van der Waals surface area (Å²) in [5.74, 6) is -0.430. The van der Waals surface area contributed by atoms with Gasteiger partial charge in [-0.25, -0.2) is 5.43 Å². The lowest BCUT2D eigenvalue weighted by Gasteiger charge is -2.18. The van der Waals surface area contributed by atoms with E-state index in [1.54, 1.807) is 43.3 Å². The van der Waals surface area contributed by atoms with E-state index in [1.165, 1.54) is 6.21 Å². The number of anilines is 1. The van der Waals surface area contributed by atoms with Crippen molar-refractivity contribution >= 4 is 35.3 Å². The number of fused-ring (bicyclic) bond motifs is 1. The van der Waals surface area contributed by atoms with Gasteiger partial charge in [0.1, 0.15) is 13.2 Å². The lowest BCUT2D eigenvalue weighted by Crippen LogP contribution is -2.32. The fraction of sp³-hybridized carbons (Fsp3) is 0.167. The first-order valence-corrected chi connectivity index (χ1v) is 8.21. The Balaban J connectivity index is 1.57. The molecule has 0 aliphatic carbocycles. The Morgan fingerprint density at radius 1 is 1.08 bits per heavy atom. The van der Waals surface area contributed by atoms with Crippen LogP contribution in [0.1, 0.15) is 11.1 Å². The minimum Gasteiger partial charge on any atom is -0.486 e. The lowest BCUT2D eigenvalue weighted by molar-refractivity contribution is -0.136. The number of hydrogen-bond donors (Lipinski definition) is 2. The fourth-order valence-electron chi connectivity index (χ4n) is 2.30. The van der Waals surface area contributed by atoms with Crippen LogP contribution in [0, 0.1) is 6.92 Å². The standard InChI is InChI=1S/C18H16ClN3O4/c1-11-8-13(19)3-4-14(11)21-17(23)18(24)22-20-10-12-2-5-15-16(9-12)26-7-6-25-15/h2-5,8-10H,6-7H2,1H3,(H,21,23)(H,22,24). The predicted molar refractivity (Wildman–Crippen MR) is 98.0 cm³/mol. The van der Waals surface area contributed by atoms with Crippen molar-refractivity contribution in [1.82, 2.24) is 5.43 Å². The minimum absolute atomic E-state index is 0.481. The second kappa shape index (κ2) is 7.88. The van der Waals surface area contributed by atoms with E-state index in [0.717, 1.165) is 5.56 Å². The van der Waals surface area contributed by atoms with Crippen LogP contribution in [0.5, 0.6) is 11.5 Å². The van der Waals surface area contributed by atoms with Gasteiger partial charge in [0.2, 0.25) is 0 Å². The van der Waals surface area contributed by atoms with E-state index in [-0.39, 0.29) is 0 Å². The number of amides is 2. The molecule has 2 amide bonds. The SMILES string of the molecule is Cc1cc(Cl)ccc1NC(=O)C(=O)NN=Cc1ccc2c(c1)OCCO2. The Labute approximate surface area is 154 Å². The summed E-state index contributed by atoms with van der Waals surface area (Å²) in [6.07, 6.45) is 1.41. The van der Waals surface area contributed by atoms with Gasteiger partial charge in [-0.15, -0.1) is 0 Å². The van der Waals surface area contributed by atoms with Crippen LogP contribution in [0.2, 0.25) is 5.02 Å². The Bertz CT molecular complexity index is 883. The van der Waals surface area contributed by atoms with E-state index in [2.05, 4.69) is 15.8 Å². The molecule has 0 atom stereocenters. The van der Waals surface area contributed by atoms with Crippen molar-refractivity contribution in [2.75, 3.05) is 18.5 Å². The second-order valence-corrected chi connectivity index (χ2v) is 5.95. The molecule has 2 aromatic rings. The van der Waals surface area contributed by atoms with E-state index < -0.39 is 11.8 Å². The maximum absolute atomic E-state index is 11.9. The van der Waals surface area contributed by atoms with Crippen molar-refractivity contribution in [2.24, 2.45) is 5.10 Å². The number of carbonyl (C=O) groups excluding carboxylic acids is 2. The first kappa shape index (κ1) is 17.8. The molecule has 134 valence electrons. The fourth-order valence-corrected chi connectivity index (χ4v) is 2.53. The molecule has 0 bridgehead atoms. The highest BCUT2D eigenvalue weighted by molar-refractivity contribution is 6.39. The maximum Gasteiger partial charge on any atom is 0.329 e. The molecule has 7 nitrogen and oxygen atoms in total. The Morgan fingerprint density at radius 2 is 1.85 bits per heavy atom. The van der Waals surface area contributed by atoms with Gasteiger partial charge in [0.15, 0.2) is 11.5 Å². The molecular formula is C18H16ClN3O4. The van der Waals surface area contributed by atoms with Crippen LogP contribution in [0.3, 0.4) is 0 Å². The molecule has 0 spiro atoms. The van der Waals surface area contributed by atoms with E-state index in [1.807, 2.05) is 0 Å². The van der Waals surface area contributed by atoms with E-state index >= 15 is 0 Å². The zero-order valence-corrected chi connectivity index (χ0v) is 14.7. The molecular weight excluding hydrogens is 358 g/mol. The average molecular weight is 374 g/mol. The molecule has 3 rings (SSSR count). The minimum atomic E-state index is -0.881. The summed E-state index contributed by atoms with van der Waals surface area (Å²) >= 11 is 5.86. The van der Waals surface area contributed by atoms with Crippen molar-refractivity contribution in [1.29, 1.82) is 0 Å². The van der Waals surface area contributed by atoms with E-state index in [0.29, 0.717) is 41.0 Å². The topological polar surface area (TPSA) is 89.0 Å². The quantitative estimate of drug-likeness (QED) is 0.491. The first-order chi connectivity index (χ1) is 12.5. The van der Waals surface area contributed by atoms with E-state index in [4.69, 9.17) is 21.1 Å². The molecule has 8 heteroatoms. The highest BCUT2D eigenvalue weighted by atomic mass is 35.5. The molecule has 26 heavy (non-hydrogen) atoms. The molecule has 0 radical (unpaired) electrons. The number of hydrogen-bond acceptors (Lipinski definition) is 5. The summed E-state index contributed by atoms with van der Waals surface area (Å²) in [4.78, 5) is 23.8. The number of hydrazone groups is 1. The Kier molecular flexibility index (Phi) is 5.38. The summed E-state index contributed by atoms with van der Waals surface area (Å²) < 4.78 is 10.9. The average Bonchev–Trinajstić information content (AvgIpc) is 2.63. The molecule has 0 aromatic heterocycles. The van der Waals surface area contributed by atoms with Gasteiger partial charge >= 0.3 is 11.8 Å². The molecule has 0 unspecified atom stereocenters. The number of nitrogens with one attached hydrogen (secondary N) is 2. The third-order valence-electron chi connectivity index (χ3n) is 3.59. The van der Waals surface area contributed by atoms with Crippen LogP contribution >= 0.6 is 11.6 Å². The van der Waals surface area contributed by atoms with Gasteiger partial charge in [0.25, 0.3) is 0 Å². The summed E-state index contributed by atoms with van der Waals surface area (Å²) in [5.41, 5.74) is 4.13. The normalized spacial score (nSPS) is 12.7. The van der Waals surface area contributed by atoms with Crippen LogP contribution in [0.4, 0.5) is 5.69 Å². The number of rotatable bonds is 3. The van der Waals surface area contributed by atoms with Crippen molar-refractivity contribution in [3.63, 3.8) is 0 Å². The smallest absolute Gasteiger partial charge is 0.329 e.